The van der Waals surface area contributed by atoms with Gasteiger partial charge in [0.1, 0.15) is 16.5 Å². The van der Waals surface area contributed by atoms with Gasteiger partial charge in [0.15, 0.2) is 5.75 Å². The Morgan fingerprint density at radius 1 is 0.938 bits per heavy atom. The number of nitrogens with one attached hydrogen (secondary N) is 1. The molecule has 0 saturated heterocycles. The molecule has 0 unspecified atom stereocenters. The molecule has 0 bridgehead atoms. The number of carbonyl (C=O) groups excluding carboxylic acids is 1. The van der Waals surface area contributed by atoms with Crippen LogP contribution in [-0.4, -0.2) is 14.3 Å². The molecule has 0 spiro atoms. The van der Waals surface area contributed by atoms with E-state index >= 15 is 0 Å². The van der Waals surface area contributed by atoms with Gasteiger partial charge in [0.2, 0.25) is 0 Å². The molecule has 0 heterocycles. The Kier molecular flexibility index (Phi) is 7.44. The van der Waals surface area contributed by atoms with Crippen LogP contribution in [0.25, 0.3) is 6.08 Å². The van der Waals surface area contributed by atoms with Crippen LogP contribution in [0, 0.1) is 11.3 Å². The van der Waals surface area contributed by atoms with Crippen molar-refractivity contribution in [3.63, 3.8) is 0 Å². The molecular weight excluding hydrogens is 495 g/mol. The number of hydrogen-bond donors (Lipinski definition) is 1. The minimum atomic E-state index is -4.13. The fraction of sp³-hybridized carbons (Fsp3) is 0. The first-order valence-corrected chi connectivity index (χ1v) is 11.4. The van der Waals surface area contributed by atoms with Gasteiger partial charge in [-0.15, -0.1) is 0 Å². The fourth-order valence-corrected chi connectivity index (χ4v) is 3.96. The monoisotopic (exact) mass is 506 g/mol. The maximum Gasteiger partial charge on any atom is 0.339 e. The zero-order valence-electron chi connectivity index (χ0n) is 16.1. The number of anilines is 1. The normalized spacial score (nSPS) is 11.5. The van der Waals surface area contributed by atoms with Gasteiger partial charge in [-0.25, -0.2) is 0 Å². The van der Waals surface area contributed by atoms with Gasteiger partial charge in [0, 0.05) is 15.7 Å². The van der Waals surface area contributed by atoms with Gasteiger partial charge < -0.3 is 9.50 Å². The molecule has 32 heavy (non-hydrogen) atoms. The lowest BCUT2D eigenvalue weighted by Gasteiger charge is -2.09. The molecule has 0 aliphatic rings. The third-order valence-corrected chi connectivity index (χ3v) is 6.08. The Hall–Kier alpha value is -3.02. The Morgan fingerprint density at radius 3 is 2.09 bits per heavy atom. The summed E-state index contributed by atoms with van der Waals surface area (Å²) in [5.41, 5.74) is 0.683. The van der Waals surface area contributed by atoms with Gasteiger partial charge in [-0.3, -0.25) is 4.79 Å². The molecule has 0 aromatic heterocycles. The molecule has 0 aliphatic heterocycles. The molecule has 0 saturated carbocycles. The van der Waals surface area contributed by atoms with Crippen LogP contribution in [0.4, 0.5) is 5.69 Å². The van der Waals surface area contributed by atoms with Crippen LogP contribution in [0.2, 0.25) is 15.1 Å². The van der Waals surface area contributed by atoms with Crippen molar-refractivity contribution in [2.24, 2.45) is 0 Å². The Bertz CT molecular complexity index is 1330. The molecule has 0 atom stereocenters. The summed E-state index contributed by atoms with van der Waals surface area (Å²) in [5, 5.41) is 12.8. The van der Waals surface area contributed by atoms with E-state index in [4.69, 9.17) is 39.0 Å². The molecule has 3 aromatic rings. The van der Waals surface area contributed by atoms with E-state index in [0.717, 1.165) is 0 Å². The van der Waals surface area contributed by atoms with Crippen LogP contribution in [0.15, 0.2) is 77.2 Å². The van der Waals surface area contributed by atoms with Gasteiger partial charge in [-0.05, 0) is 72.3 Å². The van der Waals surface area contributed by atoms with E-state index in [1.165, 1.54) is 48.5 Å². The van der Waals surface area contributed by atoms with Crippen molar-refractivity contribution in [1.82, 2.24) is 0 Å². The lowest BCUT2D eigenvalue weighted by Crippen LogP contribution is -2.13. The molecule has 6 nitrogen and oxygen atoms in total. The maximum absolute atomic E-state index is 12.4. The number of nitrogens with zero attached hydrogens (tertiary/aromatic N) is 1. The van der Waals surface area contributed by atoms with Crippen molar-refractivity contribution in [3.05, 3.63) is 92.9 Å². The molecule has 1 amide bonds. The molecule has 3 rings (SSSR count). The van der Waals surface area contributed by atoms with Crippen LogP contribution in [0.5, 0.6) is 5.75 Å². The standard InChI is InChI=1S/C22H13Cl3N2O4S/c23-16-2-6-18(7-3-16)27-22(28)15(13-26)11-14-1-10-21(20(25)12-14)31-32(29,30)19-8-4-17(24)5-9-19/h1-12H,(H,27,28)/b15-11+. The van der Waals surface area contributed by atoms with Crippen LogP contribution in [0.3, 0.4) is 0 Å². The average molecular weight is 508 g/mol. The summed E-state index contributed by atoms with van der Waals surface area (Å²) in [6.07, 6.45) is 1.31. The van der Waals surface area contributed by atoms with Crippen molar-refractivity contribution in [2.45, 2.75) is 4.90 Å². The summed E-state index contributed by atoms with van der Waals surface area (Å²) in [6, 6.07) is 17.8. The lowest BCUT2D eigenvalue weighted by molar-refractivity contribution is -0.112. The smallest absolute Gasteiger partial charge is 0.339 e. The first-order chi connectivity index (χ1) is 15.2. The van der Waals surface area contributed by atoms with E-state index < -0.39 is 16.0 Å². The van der Waals surface area contributed by atoms with E-state index in [1.807, 2.05) is 6.07 Å². The van der Waals surface area contributed by atoms with Crippen molar-refractivity contribution < 1.29 is 17.4 Å². The number of amides is 1. The van der Waals surface area contributed by atoms with Gasteiger partial charge in [0.25, 0.3) is 5.91 Å². The molecular formula is C22H13Cl3N2O4S. The third kappa shape index (κ3) is 6.02. The number of halogens is 3. The summed E-state index contributed by atoms with van der Waals surface area (Å²) in [6.45, 7) is 0. The summed E-state index contributed by atoms with van der Waals surface area (Å²) in [4.78, 5) is 12.3. The Balaban J connectivity index is 1.79. The second-order valence-corrected chi connectivity index (χ2v) is 9.14. The van der Waals surface area contributed by atoms with E-state index in [0.29, 0.717) is 21.3 Å². The zero-order chi connectivity index (χ0) is 23.3. The van der Waals surface area contributed by atoms with Crippen molar-refractivity contribution in [1.29, 1.82) is 5.26 Å². The van der Waals surface area contributed by atoms with Crippen molar-refractivity contribution in [2.75, 3.05) is 5.32 Å². The second-order valence-electron chi connectivity index (χ2n) is 6.31. The molecule has 0 fully saturated rings. The molecule has 1 N–H and O–H groups in total. The number of nitriles is 1. The highest BCUT2D eigenvalue weighted by molar-refractivity contribution is 7.87. The van der Waals surface area contributed by atoms with Crippen molar-refractivity contribution in [3.8, 4) is 11.8 Å². The van der Waals surface area contributed by atoms with Crippen LogP contribution < -0.4 is 9.50 Å². The van der Waals surface area contributed by atoms with Crippen LogP contribution in [0.1, 0.15) is 5.56 Å². The predicted molar refractivity (Wildman–Crippen MR) is 124 cm³/mol. The summed E-state index contributed by atoms with van der Waals surface area (Å²) >= 11 is 17.7. The average Bonchev–Trinajstić information content (AvgIpc) is 2.75. The number of benzene rings is 3. The highest BCUT2D eigenvalue weighted by Gasteiger charge is 2.18. The van der Waals surface area contributed by atoms with E-state index in [-0.39, 0.29) is 21.2 Å². The summed E-state index contributed by atoms with van der Waals surface area (Å²) < 4.78 is 29.9. The zero-order valence-corrected chi connectivity index (χ0v) is 19.1. The fourth-order valence-electron chi connectivity index (χ4n) is 2.49. The van der Waals surface area contributed by atoms with Crippen LogP contribution >= 0.6 is 34.8 Å². The number of hydrogen-bond acceptors (Lipinski definition) is 5. The first-order valence-electron chi connectivity index (χ1n) is 8.86. The minimum absolute atomic E-state index is 0.0216. The lowest BCUT2D eigenvalue weighted by atomic mass is 10.1. The SMILES string of the molecule is N#C/C(=C\c1ccc(OS(=O)(=O)c2ccc(Cl)cc2)c(Cl)c1)C(=O)Nc1ccc(Cl)cc1. The van der Waals surface area contributed by atoms with Gasteiger partial charge in [0.05, 0.1) is 5.02 Å². The maximum atomic E-state index is 12.4. The molecule has 0 radical (unpaired) electrons. The quantitative estimate of drug-likeness (QED) is 0.252. The van der Waals surface area contributed by atoms with E-state index in [1.54, 1.807) is 24.3 Å². The summed E-state index contributed by atoms with van der Waals surface area (Å²) in [7, 11) is -4.13. The topological polar surface area (TPSA) is 96.3 Å². The number of rotatable bonds is 6. The highest BCUT2D eigenvalue weighted by atomic mass is 35.5. The van der Waals surface area contributed by atoms with E-state index in [9.17, 15) is 18.5 Å². The first kappa shape index (κ1) is 23.6. The van der Waals surface area contributed by atoms with Crippen LogP contribution in [-0.2, 0) is 14.9 Å². The Labute approximate surface area is 199 Å². The van der Waals surface area contributed by atoms with E-state index in [2.05, 4.69) is 5.32 Å². The molecule has 162 valence electrons. The molecule has 3 aromatic carbocycles. The molecule has 10 heteroatoms. The second kappa shape index (κ2) is 10.1. The predicted octanol–water partition coefficient (Wildman–Crippen LogP) is 5.96. The molecule has 0 aliphatic carbocycles. The van der Waals surface area contributed by atoms with Gasteiger partial charge in [-0.2, -0.15) is 13.7 Å². The largest absolute Gasteiger partial charge is 0.377 e. The third-order valence-electron chi connectivity index (χ3n) is 4.04. The highest BCUT2D eigenvalue weighted by Crippen LogP contribution is 2.29. The van der Waals surface area contributed by atoms with Crippen molar-refractivity contribution >= 4 is 62.6 Å². The minimum Gasteiger partial charge on any atom is -0.377 e. The summed E-state index contributed by atoms with van der Waals surface area (Å²) in [5.74, 6) is -0.737. The van der Waals surface area contributed by atoms with Gasteiger partial charge in [-0.1, -0.05) is 40.9 Å². The van der Waals surface area contributed by atoms with Gasteiger partial charge >= 0.3 is 10.1 Å². The Morgan fingerprint density at radius 2 is 1.53 bits per heavy atom. The number of carbonyl (C=O) groups is 1.